The molecule has 0 saturated heterocycles. The average molecular weight is 287 g/mol. The minimum atomic E-state index is 0.440. The van der Waals surface area contributed by atoms with Crippen molar-refractivity contribution in [3.63, 3.8) is 0 Å². The molecule has 0 amide bonds. The normalized spacial score (nSPS) is 13.7. The van der Waals surface area contributed by atoms with Gasteiger partial charge in [-0.05, 0) is 18.2 Å². The van der Waals surface area contributed by atoms with E-state index >= 15 is 0 Å². The van der Waals surface area contributed by atoms with Gasteiger partial charge in [-0.25, -0.2) is 0 Å². The lowest BCUT2D eigenvalue weighted by Gasteiger charge is -2.18. The number of benzene rings is 1. The first-order valence-corrected chi connectivity index (χ1v) is 6.81. The summed E-state index contributed by atoms with van der Waals surface area (Å²) < 4.78 is 19.0. The molecule has 7 heteroatoms. The van der Waals surface area contributed by atoms with E-state index < -0.39 is 0 Å². The summed E-state index contributed by atoms with van der Waals surface area (Å²) in [7, 11) is 0. The smallest absolute Gasteiger partial charge is 0.177 e. The van der Waals surface area contributed by atoms with Crippen LogP contribution in [0.25, 0.3) is 0 Å². The largest absolute Gasteiger partial charge is 0.486 e. The zero-order chi connectivity index (χ0) is 11.7. The fraction of sp³-hybridized carbons (Fsp3) is 0.200. The first-order chi connectivity index (χ1) is 8.33. The molecule has 17 heavy (non-hydrogen) atoms. The molecule has 1 aromatic heterocycles. The molecule has 2 heterocycles. The predicted octanol–water partition coefficient (Wildman–Crippen LogP) is 3.11. The Balaban J connectivity index is 1.87. The Bertz CT molecular complexity index is 547. The molecule has 0 fully saturated rings. The third-order valence-electron chi connectivity index (χ3n) is 2.15. The zero-order valence-corrected chi connectivity index (χ0v) is 10.9. The number of aromatic nitrogens is 2. The Hall–Kier alpha value is -0.980. The van der Waals surface area contributed by atoms with Crippen LogP contribution in [0, 0.1) is 0 Å². The predicted molar refractivity (Wildman–Crippen MR) is 66.5 cm³/mol. The van der Waals surface area contributed by atoms with Crippen LogP contribution in [0.1, 0.15) is 0 Å². The Labute approximate surface area is 111 Å². The number of ether oxygens (including phenoxy) is 2. The van der Waals surface area contributed by atoms with Gasteiger partial charge in [0.1, 0.15) is 13.2 Å². The number of hydrogen-bond acceptors (Lipinski definition) is 6. The van der Waals surface area contributed by atoms with Gasteiger partial charge in [0.2, 0.25) is 0 Å². The molecule has 0 bridgehead atoms. The van der Waals surface area contributed by atoms with Crippen molar-refractivity contribution in [2.45, 2.75) is 9.92 Å². The molecule has 0 radical (unpaired) electrons. The van der Waals surface area contributed by atoms with E-state index in [4.69, 9.17) is 21.1 Å². The van der Waals surface area contributed by atoms with Gasteiger partial charge in [-0.15, -0.1) is 0 Å². The van der Waals surface area contributed by atoms with Crippen molar-refractivity contribution in [2.75, 3.05) is 13.2 Å². The van der Waals surface area contributed by atoms with E-state index in [0.29, 0.717) is 23.4 Å². The minimum Gasteiger partial charge on any atom is -0.486 e. The third kappa shape index (κ3) is 2.34. The van der Waals surface area contributed by atoms with Crippen molar-refractivity contribution >= 4 is 35.1 Å². The third-order valence-corrected chi connectivity index (χ3v) is 4.24. The van der Waals surface area contributed by atoms with Crippen molar-refractivity contribution in [1.29, 1.82) is 0 Å². The van der Waals surface area contributed by atoms with Crippen LogP contribution in [0.5, 0.6) is 11.5 Å². The van der Waals surface area contributed by atoms with E-state index in [9.17, 15) is 0 Å². The fourth-order valence-corrected chi connectivity index (χ4v) is 3.05. The molecule has 1 aliphatic heterocycles. The van der Waals surface area contributed by atoms with Gasteiger partial charge in [0, 0.05) is 4.90 Å². The molecular formula is C10H7ClN2O2S2. The topological polar surface area (TPSA) is 44.2 Å². The molecule has 1 aliphatic rings. The maximum atomic E-state index is 5.89. The van der Waals surface area contributed by atoms with E-state index in [1.165, 1.54) is 11.8 Å². The molecule has 0 unspecified atom stereocenters. The second kappa shape index (κ2) is 4.72. The van der Waals surface area contributed by atoms with Gasteiger partial charge >= 0.3 is 0 Å². The number of halogens is 1. The highest BCUT2D eigenvalue weighted by atomic mass is 35.5. The average Bonchev–Trinajstić information content (AvgIpc) is 2.75. The summed E-state index contributed by atoms with van der Waals surface area (Å²) in [4.78, 5) is 1.00. The van der Waals surface area contributed by atoms with E-state index in [-0.39, 0.29) is 0 Å². The quantitative estimate of drug-likeness (QED) is 0.849. The van der Waals surface area contributed by atoms with E-state index in [0.717, 1.165) is 28.1 Å². The SMILES string of the molecule is Clc1nsnc1Sc1ccc2c(c1)OCCO2. The fourth-order valence-electron chi connectivity index (χ4n) is 1.43. The summed E-state index contributed by atoms with van der Waals surface area (Å²) >= 11 is 8.46. The van der Waals surface area contributed by atoms with Crippen molar-refractivity contribution in [1.82, 2.24) is 8.75 Å². The molecular weight excluding hydrogens is 280 g/mol. The van der Waals surface area contributed by atoms with E-state index in [2.05, 4.69) is 8.75 Å². The van der Waals surface area contributed by atoms with Crippen LogP contribution in [0.15, 0.2) is 28.1 Å². The van der Waals surface area contributed by atoms with Crippen molar-refractivity contribution in [2.24, 2.45) is 0 Å². The van der Waals surface area contributed by atoms with Crippen LogP contribution in [0.4, 0.5) is 0 Å². The maximum Gasteiger partial charge on any atom is 0.177 e. The summed E-state index contributed by atoms with van der Waals surface area (Å²) in [6.07, 6.45) is 0. The molecule has 0 saturated carbocycles. The van der Waals surface area contributed by atoms with E-state index in [1.54, 1.807) is 0 Å². The summed E-state index contributed by atoms with van der Waals surface area (Å²) in [5, 5.41) is 1.16. The number of nitrogens with zero attached hydrogens (tertiary/aromatic N) is 2. The highest BCUT2D eigenvalue weighted by Crippen LogP contribution is 2.38. The minimum absolute atomic E-state index is 0.440. The summed E-state index contributed by atoms with van der Waals surface area (Å²) in [6.45, 7) is 1.18. The lowest BCUT2D eigenvalue weighted by Crippen LogP contribution is -2.15. The Morgan fingerprint density at radius 3 is 2.76 bits per heavy atom. The molecule has 0 atom stereocenters. The van der Waals surface area contributed by atoms with Crippen LogP contribution in [0.3, 0.4) is 0 Å². The van der Waals surface area contributed by atoms with Gasteiger partial charge in [0.15, 0.2) is 21.7 Å². The van der Waals surface area contributed by atoms with Gasteiger partial charge in [-0.2, -0.15) is 8.75 Å². The molecule has 0 spiro atoms. The number of fused-ring (bicyclic) bond motifs is 1. The highest BCUT2D eigenvalue weighted by Gasteiger charge is 2.14. The second-order valence-corrected chi connectivity index (χ2v) is 5.22. The van der Waals surface area contributed by atoms with Crippen LogP contribution >= 0.6 is 35.1 Å². The maximum absolute atomic E-state index is 5.89. The Kier molecular flexibility index (Phi) is 3.09. The zero-order valence-electron chi connectivity index (χ0n) is 8.55. The van der Waals surface area contributed by atoms with Gasteiger partial charge in [0.25, 0.3) is 0 Å². The number of hydrogen-bond donors (Lipinski definition) is 0. The molecule has 0 aliphatic carbocycles. The molecule has 2 aromatic rings. The highest BCUT2D eigenvalue weighted by molar-refractivity contribution is 7.99. The van der Waals surface area contributed by atoms with Crippen LogP contribution < -0.4 is 9.47 Å². The van der Waals surface area contributed by atoms with Gasteiger partial charge in [-0.3, -0.25) is 0 Å². The standard InChI is InChI=1S/C10H7ClN2O2S2/c11-9-10(13-17-12-9)16-6-1-2-7-8(5-6)15-4-3-14-7/h1-2,5H,3-4H2. The molecule has 4 nitrogen and oxygen atoms in total. The Morgan fingerprint density at radius 1 is 1.18 bits per heavy atom. The van der Waals surface area contributed by atoms with Crippen LogP contribution in [-0.4, -0.2) is 22.0 Å². The van der Waals surface area contributed by atoms with Gasteiger partial charge in [0.05, 0.1) is 11.7 Å². The van der Waals surface area contributed by atoms with Crippen molar-refractivity contribution < 1.29 is 9.47 Å². The Morgan fingerprint density at radius 2 is 2.00 bits per heavy atom. The molecule has 0 N–H and O–H groups in total. The van der Waals surface area contributed by atoms with Crippen LogP contribution in [0.2, 0.25) is 5.15 Å². The first-order valence-electron chi connectivity index (χ1n) is 4.88. The summed E-state index contributed by atoms with van der Waals surface area (Å²) in [6, 6.07) is 5.77. The summed E-state index contributed by atoms with van der Waals surface area (Å²) in [5.41, 5.74) is 0. The van der Waals surface area contributed by atoms with E-state index in [1.807, 2.05) is 18.2 Å². The van der Waals surface area contributed by atoms with Crippen molar-refractivity contribution in [3.05, 3.63) is 23.4 Å². The van der Waals surface area contributed by atoms with Crippen LogP contribution in [-0.2, 0) is 0 Å². The number of rotatable bonds is 2. The van der Waals surface area contributed by atoms with Gasteiger partial charge < -0.3 is 9.47 Å². The molecule has 88 valence electrons. The van der Waals surface area contributed by atoms with Gasteiger partial charge in [-0.1, -0.05) is 23.4 Å². The molecule has 3 rings (SSSR count). The molecule has 1 aromatic carbocycles. The first kappa shape index (κ1) is 11.1. The lowest BCUT2D eigenvalue weighted by atomic mass is 10.3. The monoisotopic (exact) mass is 286 g/mol. The van der Waals surface area contributed by atoms with Crippen molar-refractivity contribution in [3.8, 4) is 11.5 Å². The summed E-state index contributed by atoms with van der Waals surface area (Å²) in [5.74, 6) is 1.55. The second-order valence-electron chi connectivity index (χ2n) is 3.27. The lowest BCUT2D eigenvalue weighted by molar-refractivity contribution is 0.171.